The molecule has 0 fully saturated rings. The van der Waals surface area contributed by atoms with E-state index < -0.39 is 5.82 Å². The maximum Gasteiger partial charge on any atom is 0.331 e. The van der Waals surface area contributed by atoms with Gasteiger partial charge in [0.1, 0.15) is 5.82 Å². The number of aromatic nitrogens is 2. The van der Waals surface area contributed by atoms with E-state index in [4.69, 9.17) is 0 Å². The number of hydrogen-bond donors (Lipinski definition) is 0. The van der Waals surface area contributed by atoms with Gasteiger partial charge in [0.05, 0.1) is 10.1 Å². The normalized spacial score (nSPS) is 10.9. The van der Waals surface area contributed by atoms with Gasteiger partial charge in [0.2, 0.25) is 0 Å². The number of rotatable bonds is 4. The summed E-state index contributed by atoms with van der Waals surface area (Å²) in [4.78, 5) is 24.5. The summed E-state index contributed by atoms with van der Waals surface area (Å²) in [6.45, 7) is 2.55. The molecule has 1 aromatic carbocycles. The Hall–Kier alpha value is -0.960. The highest BCUT2D eigenvalue weighted by molar-refractivity contribution is 14.1. The number of benzene rings is 1. The van der Waals surface area contributed by atoms with Gasteiger partial charge in [-0.3, -0.25) is 13.9 Å². The Bertz CT molecular complexity index is 765. The van der Waals surface area contributed by atoms with Crippen molar-refractivity contribution in [1.82, 2.24) is 9.13 Å². The number of nitrogens with zero attached hydrogens (tertiary/aromatic N) is 2. The van der Waals surface area contributed by atoms with Crippen molar-refractivity contribution >= 4 is 38.5 Å². The van der Waals surface area contributed by atoms with Crippen molar-refractivity contribution in [2.45, 2.75) is 26.4 Å². The third kappa shape index (κ3) is 3.82. The molecule has 0 spiro atoms. The molecule has 0 N–H and O–H groups in total. The summed E-state index contributed by atoms with van der Waals surface area (Å²) in [5.74, 6) is -0.410. The molecule has 21 heavy (non-hydrogen) atoms. The maximum atomic E-state index is 13.4. The average Bonchev–Trinajstić information content (AvgIpc) is 2.40. The molecule has 7 heteroatoms. The molecule has 1 aromatic heterocycles. The second-order valence-corrected chi connectivity index (χ2v) is 6.70. The van der Waals surface area contributed by atoms with Crippen molar-refractivity contribution in [3.63, 3.8) is 0 Å². The SMILES string of the molecule is CCCn1cc(I)c(=O)n(Cc2cc(F)cc(Br)c2)c1=O. The predicted molar refractivity (Wildman–Crippen MR) is 91.2 cm³/mol. The second-order valence-electron chi connectivity index (χ2n) is 4.62. The van der Waals surface area contributed by atoms with E-state index in [9.17, 15) is 14.0 Å². The lowest BCUT2D eigenvalue weighted by Gasteiger charge is -2.11. The largest absolute Gasteiger partial charge is 0.331 e. The smallest absolute Gasteiger partial charge is 0.299 e. The summed E-state index contributed by atoms with van der Waals surface area (Å²) in [6.07, 6.45) is 2.35. The van der Waals surface area contributed by atoms with Crippen molar-refractivity contribution in [3.05, 3.63) is 64.7 Å². The minimum atomic E-state index is -0.410. The van der Waals surface area contributed by atoms with Crippen molar-refractivity contribution < 1.29 is 4.39 Å². The molecule has 2 rings (SSSR count). The third-order valence-corrected chi connectivity index (χ3v) is 4.12. The first-order valence-electron chi connectivity index (χ1n) is 6.37. The van der Waals surface area contributed by atoms with Crippen LogP contribution in [0.1, 0.15) is 18.9 Å². The fourth-order valence-electron chi connectivity index (χ4n) is 2.04. The van der Waals surface area contributed by atoms with Crippen molar-refractivity contribution in [2.75, 3.05) is 0 Å². The lowest BCUT2D eigenvalue weighted by molar-refractivity contribution is 0.564. The van der Waals surface area contributed by atoms with E-state index in [0.29, 0.717) is 20.2 Å². The Morgan fingerprint density at radius 1 is 1.29 bits per heavy atom. The fourth-order valence-corrected chi connectivity index (χ4v) is 3.18. The fraction of sp³-hybridized carbons (Fsp3) is 0.286. The van der Waals surface area contributed by atoms with Gasteiger partial charge in [-0.2, -0.15) is 0 Å². The average molecular weight is 467 g/mol. The summed E-state index contributed by atoms with van der Waals surface area (Å²) in [7, 11) is 0. The highest BCUT2D eigenvalue weighted by atomic mass is 127. The summed E-state index contributed by atoms with van der Waals surface area (Å²) < 4.78 is 17.1. The lowest BCUT2D eigenvalue weighted by atomic mass is 10.2. The molecule has 0 amide bonds. The van der Waals surface area contributed by atoms with Gasteiger partial charge in [0, 0.05) is 17.2 Å². The van der Waals surface area contributed by atoms with Gasteiger partial charge in [-0.1, -0.05) is 22.9 Å². The van der Waals surface area contributed by atoms with Gasteiger partial charge < -0.3 is 0 Å². The van der Waals surface area contributed by atoms with Gasteiger partial charge >= 0.3 is 5.69 Å². The van der Waals surface area contributed by atoms with Gasteiger partial charge in [-0.25, -0.2) is 9.18 Å². The molecule has 0 saturated heterocycles. The Kier molecular flexibility index (Phi) is 5.37. The van der Waals surface area contributed by atoms with Crippen LogP contribution in [0.3, 0.4) is 0 Å². The van der Waals surface area contributed by atoms with Crippen LogP contribution in [0.15, 0.2) is 38.5 Å². The monoisotopic (exact) mass is 466 g/mol. The Balaban J connectivity index is 2.53. The van der Waals surface area contributed by atoms with E-state index >= 15 is 0 Å². The Labute approximate surface area is 142 Å². The van der Waals surface area contributed by atoms with E-state index in [0.717, 1.165) is 11.0 Å². The number of halogens is 3. The van der Waals surface area contributed by atoms with Crippen LogP contribution in [0.5, 0.6) is 0 Å². The molecule has 1 heterocycles. The molecule has 0 aliphatic carbocycles. The number of hydrogen-bond acceptors (Lipinski definition) is 2. The Morgan fingerprint density at radius 2 is 2.00 bits per heavy atom. The van der Waals surface area contributed by atoms with Gasteiger partial charge in [-0.15, -0.1) is 0 Å². The van der Waals surface area contributed by atoms with Crippen LogP contribution in [0.2, 0.25) is 0 Å². The van der Waals surface area contributed by atoms with Gasteiger partial charge in [-0.05, 0) is 52.8 Å². The van der Waals surface area contributed by atoms with Crippen LogP contribution in [0, 0.1) is 9.39 Å². The maximum absolute atomic E-state index is 13.4. The van der Waals surface area contributed by atoms with Crippen LogP contribution in [-0.2, 0) is 13.1 Å². The van der Waals surface area contributed by atoms with E-state index in [1.54, 1.807) is 12.3 Å². The van der Waals surface area contributed by atoms with Crippen LogP contribution in [0.25, 0.3) is 0 Å². The molecule has 0 bridgehead atoms. The molecule has 0 atom stereocenters. The van der Waals surface area contributed by atoms with E-state index in [1.165, 1.54) is 16.7 Å². The van der Waals surface area contributed by atoms with Crippen molar-refractivity contribution in [2.24, 2.45) is 0 Å². The number of aryl methyl sites for hydroxylation is 1. The highest BCUT2D eigenvalue weighted by Gasteiger charge is 2.10. The minimum absolute atomic E-state index is 0.0502. The van der Waals surface area contributed by atoms with Crippen LogP contribution < -0.4 is 11.2 Å². The molecular formula is C14H13BrFIN2O2. The van der Waals surface area contributed by atoms with Gasteiger partial charge in [0.25, 0.3) is 5.56 Å². The van der Waals surface area contributed by atoms with Crippen molar-refractivity contribution in [1.29, 1.82) is 0 Å². The van der Waals surface area contributed by atoms with E-state index in [-0.39, 0.29) is 17.8 Å². The molecule has 4 nitrogen and oxygen atoms in total. The molecule has 112 valence electrons. The quantitative estimate of drug-likeness (QED) is 0.650. The highest BCUT2D eigenvalue weighted by Crippen LogP contribution is 2.15. The third-order valence-electron chi connectivity index (χ3n) is 2.92. The van der Waals surface area contributed by atoms with Crippen LogP contribution in [-0.4, -0.2) is 9.13 Å². The van der Waals surface area contributed by atoms with E-state index in [1.807, 2.05) is 29.5 Å². The lowest BCUT2D eigenvalue weighted by Crippen LogP contribution is -2.41. The summed E-state index contributed by atoms with van der Waals surface area (Å²) in [5.41, 5.74) is -0.165. The molecule has 0 saturated carbocycles. The molecule has 2 aromatic rings. The molecule has 0 unspecified atom stereocenters. The molecule has 0 aliphatic heterocycles. The first-order chi connectivity index (χ1) is 9.92. The zero-order valence-electron chi connectivity index (χ0n) is 11.3. The van der Waals surface area contributed by atoms with Gasteiger partial charge in [0.15, 0.2) is 0 Å². The first kappa shape index (κ1) is 16.4. The van der Waals surface area contributed by atoms with Crippen LogP contribution >= 0.6 is 38.5 Å². The summed E-state index contributed by atoms with van der Waals surface area (Å²) in [5, 5.41) is 0. The van der Waals surface area contributed by atoms with Crippen LogP contribution in [0.4, 0.5) is 4.39 Å². The molecule has 0 aliphatic rings. The van der Waals surface area contributed by atoms with Crippen molar-refractivity contribution in [3.8, 4) is 0 Å². The zero-order chi connectivity index (χ0) is 15.6. The predicted octanol–water partition coefficient (Wildman–Crippen LogP) is 2.97. The summed E-state index contributed by atoms with van der Waals surface area (Å²) in [6, 6.07) is 4.34. The minimum Gasteiger partial charge on any atom is -0.299 e. The topological polar surface area (TPSA) is 44.0 Å². The molecular weight excluding hydrogens is 454 g/mol. The first-order valence-corrected chi connectivity index (χ1v) is 8.24. The standard InChI is InChI=1S/C14H13BrFIN2O2/c1-2-3-18-8-12(17)13(20)19(14(18)21)7-9-4-10(15)6-11(16)5-9/h4-6,8H,2-3,7H2,1H3. The second kappa shape index (κ2) is 6.87. The summed E-state index contributed by atoms with van der Waals surface area (Å²) >= 11 is 5.12. The van der Waals surface area contributed by atoms with E-state index in [2.05, 4.69) is 15.9 Å². The Morgan fingerprint density at radius 3 is 2.62 bits per heavy atom. The zero-order valence-corrected chi connectivity index (χ0v) is 15.0. The molecule has 0 radical (unpaired) electrons.